The number of nitrogens with zero attached hydrogens (tertiary/aromatic N) is 1. The molecule has 2 rings (SSSR count). The van der Waals surface area contributed by atoms with Crippen LogP contribution in [0.2, 0.25) is 0 Å². The SMILES string of the molecule is CC(C)C1SCC(C(=O)O)N1C(=O)COC1(C)CNC1. The first-order valence-electron chi connectivity index (χ1n) is 6.84. The van der Waals surface area contributed by atoms with E-state index >= 15 is 0 Å². The number of hydrogen-bond acceptors (Lipinski definition) is 5. The van der Waals surface area contributed by atoms with Gasteiger partial charge in [0.25, 0.3) is 0 Å². The van der Waals surface area contributed by atoms with Crippen LogP contribution in [0.15, 0.2) is 0 Å². The van der Waals surface area contributed by atoms with Gasteiger partial charge in [0.05, 0.1) is 11.0 Å². The van der Waals surface area contributed by atoms with Crippen LogP contribution in [0, 0.1) is 5.92 Å². The van der Waals surface area contributed by atoms with E-state index in [0.29, 0.717) is 5.75 Å². The number of amides is 1. The van der Waals surface area contributed by atoms with Crippen LogP contribution in [0.4, 0.5) is 0 Å². The Balaban J connectivity index is 2.01. The molecule has 2 aliphatic rings. The number of rotatable bonds is 5. The molecule has 2 heterocycles. The Morgan fingerprint density at radius 1 is 1.50 bits per heavy atom. The lowest BCUT2D eigenvalue weighted by molar-refractivity contribution is -0.156. The van der Waals surface area contributed by atoms with E-state index < -0.39 is 12.0 Å². The molecule has 2 atom stereocenters. The van der Waals surface area contributed by atoms with Gasteiger partial charge in [-0.05, 0) is 12.8 Å². The minimum absolute atomic E-state index is 0.0499. The molecule has 1 amide bonds. The molecule has 0 bridgehead atoms. The molecule has 6 nitrogen and oxygen atoms in total. The molecule has 0 spiro atoms. The van der Waals surface area contributed by atoms with Crippen molar-refractivity contribution in [2.24, 2.45) is 5.92 Å². The molecule has 0 aromatic heterocycles. The monoisotopic (exact) mass is 302 g/mol. The molecule has 7 heteroatoms. The maximum Gasteiger partial charge on any atom is 0.327 e. The predicted octanol–water partition coefficient (Wildman–Crippen LogP) is 0.376. The molecule has 114 valence electrons. The van der Waals surface area contributed by atoms with Gasteiger partial charge in [-0.1, -0.05) is 13.8 Å². The average Bonchev–Trinajstić information content (AvgIpc) is 2.78. The summed E-state index contributed by atoms with van der Waals surface area (Å²) in [5, 5.41) is 12.3. The number of thioether (sulfide) groups is 1. The van der Waals surface area contributed by atoms with E-state index in [1.807, 2.05) is 20.8 Å². The van der Waals surface area contributed by atoms with Crippen LogP contribution in [0.25, 0.3) is 0 Å². The molecule has 0 aromatic rings. The van der Waals surface area contributed by atoms with Crippen molar-refractivity contribution in [3.05, 3.63) is 0 Å². The zero-order valence-electron chi connectivity index (χ0n) is 12.1. The Hall–Kier alpha value is -0.790. The van der Waals surface area contributed by atoms with Crippen molar-refractivity contribution in [2.45, 2.75) is 37.8 Å². The maximum absolute atomic E-state index is 12.4. The number of hydrogen-bond donors (Lipinski definition) is 2. The molecular weight excluding hydrogens is 280 g/mol. The molecule has 0 aliphatic carbocycles. The Morgan fingerprint density at radius 2 is 2.15 bits per heavy atom. The number of carboxylic acids is 1. The van der Waals surface area contributed by atoms with E-state index in [1.165, 1.54) is 16.7 Å². The van der Waals surface area contributed by atoms with E-state index in [2.05, 4.69) is 5.32 Å². The van der Waals surface area contributed by atoms with Crippen molar-refractivity contribution < 1.29 is 19.4 Å². The van der Waals surface area contributed by atoms with Gasteiger partial charge < -0.3 is 20.1 Å². The number of aliphatic carboxylic acids is 1. The van der Waals surface area contributed by atoms with Crippen LogP contribution in [0.5, 0.6) is 0 Å². The van der Waals surface area contributed by atoms with Crippen molar-refractivity contribution >= 4 is 23.6 Å². The van der Waals surface area contributed by atoms with Gasteiger partial charge in [-0.25, -0.2) is 4.79 Å². The number of carboxylic acid groups (broad SMARTS) is 1. The number of carbonyl (C=O) groups excluding carboxylic acids is 1. The molecule has 0 aromatic carbocycles. The van der Waals surface area contributed by atoms with E-state index in [0.717, 1.165) is 13.1 Å². The zero-order chi connectivity index (χ0) is 14.9. The van der Waals surface area contributed by atoms with Gasteiger partial charge in [0.1, 0.15) is 12.6 Å². The Kier molecular flexibility index (Phi) is 4.61. The number of nitrogens with one attached hydrogen (secondary N) is 1. The van der Waals surface area contributed by atoms with E-state index in [1.54, 1.807) is 0 Å². The van der Waals surface area contributed by atoms with Crippen LogP contribution in [0.1, 0.15) is 20.8 Å². The summed E-state index contributed by atoms with van der Waals surface area (Å²) in [7, 11) is 0. The molecule has 2 fully saturated rings. The number of ether oxygens (including phenoxy) is 1. The second-order valence-corrected chi connectivity index (χ2v) is 7.11. The first-order chi connectivity index (χ1) is 9.34. The van der Waals surface area contributed by atoms with Crippen LogP contribution in [-0.4, -0.2) is 64.3 Å². The highest BCUT2D eigenvalue weighted by Gasteiger charge is 2.43. The Labute approximate surface area is 123 Å². The Bertz CT molecular complexity index is 398. The van der Waals surface area contributed by atoms with Crippen LogP contribution in [0.3, 0.4) is 0 Å². The molecule has 2 saturated heterocycles. The summed E-state index contributed by atoms with van der Waals surface area (Å²) in [6, 6.07) is -0.740. The van der Waals surface area contributed by atoms with Crippen LogP contribution >= 0.6 is 11.8 Å². The smallest absolute Gasteiger partial charge is 0.327 e. The summed E-state index contributed by atoms with van der Waals surface area (Å²) in [5.41, 5.74) is -0.297. The molecule has 0 saturated carbocycles. The third-order valence-corrected chi connectivity index (χ3v) is 5.34. The molecular formula is C13H22N2O4S. The predicted molar refractivity (Wildman–Crippen MR) is 76.6 cm³/mol. The first-order valence-corrected chi connectivity index (χ1v) is 7.89. The Morgan fingerprint density at radius 3 is 2.60 bits per heavy atom. The topological polar surface area (TPSA) is 78.9 Å². The fraction of sp³-hybridized carbons (Fsp3) is 0.846. The van der Waals surface area contributed by atoms with Gasteiger partial charge in [0.2, 0.25) is 5.91 Å². The van der Waals surface area contributed by atoms with Crippen LogP contribution < -0.4 is 5.32 Å². The lowest BCUT2D eigenvalue weighted by Gasteiger charge is -2.39. The van der Waals surface area contributed by atoms with E-state index in [9.17, 15) is 14.7 Å². The number of carbonyl (C=O) groups is 2. The average molecular weight is 302 g/mol. The highest BCUT2D eigenvalue weighted by Crippen LogP contribution is 2.34. The summed E-state index contributed by atoms with van der Waals surface area (Å²) in [5.74, 6) is -0.503. The van der Waals surface area contributed by atoms with Crippen molar-refractivity contribution in [1.82, 2.24) is 10.2 Å². The van der Waals surface area contributed by atoms with E-state index in [4.69, 9.17) is 4.74 Å². The largest absolute Gasteiger partial charge is 0.480 e. The standard InChI is InChI=1S/C13H22N2O4S/c1-8(2)11-15(9(5-20-11)12(17)18)10(16)4-19-13(3)6-14-7-13/h8-9,11,14H,4-7H2,1-3H3,(H,17,18). The summed E-state index contributed by atoms with van der Waals surface area (Å²) >= 11 is 1.53. The lowest BCUT2D eigenvalue weighted by atomic mass is 10.0. The lowest BCUT2D eigenvalue weighted by Crippen LogP contribution is -2.60. The fourth-order valence-corrected chi connectivity index (χ4v) is 3.93. The summed E-state index contributed by atoms with van der Waals surface area (Å²) in [6.45, 7) is 7.35. The molecule has 2 N–H and O–H groups in total. The van der Waals surface area contributed by atoms with Gasteiger partial charge in [0.15, 0.2) is 0 Å². The van der Waals surface area contributed by atoms with Gasteiger partial charge in [-0.3, -0.25) is 4.79 Å². The van der Waals surface area contributed by atoms with Gasteiger partial charge >= 0.3 is 5.97 Å². The van der Waals surface area contributed by atoms with Crippen molar-refractivity contribution in [2.75, 3.05) is 25.4 Å². The van der Waals surface area contributed by atoms with Crippen LogP contribution in [-0.2, 0) is 14.3 Å². The molecule has 0 radical (unpaired) electrons. The minimum atomic E-state index is -0.939. The first kappa shape index (κ1) is 15.6. The summed E-state index contributed by atoms with van der Waals surface area (Å²) in [4.78, 5) is 25.2. The second-order valence-electron chi connectivity index (χ2n) is 5.97. The maximum atomic E-state index is 12.4. The third kappa shape index (κ3) is 3.10. The molecule has 2 aliphatic heterocycles. The molecule has 2 unspecified atom stereocenters. The normalized spacial score (nSPS) is 28.5. The quantitative estimate of drug-likeness (QED) is 0.764. The summed E-state index contributed by atoms with van der Waals surface area (Å²) in [6.07, 6.45) is 0. The third-order valence-electron chi connectivity index (χ3n) is 3.72. The summed E-state index contributed by atoms with van der Waals surface area (Å²) < 4.78 is 5.64. The van der Waals surface area contributed by atoms with E-state index in [-0.39, 0.29) is 29.4 Å². The zero-order valence-corrected chi connectivity index (χ0v) is 12.9. The van der Waals surface area contributed by atoms with Gasteiger partial charge in [-0.2, -0.15) is 0 Å². The molecule has 20 heavy (non-hydrogen) atoms. The van der Waals surface area contributed by atoms with Gasteiger partial charge in [-0.15, -0.1) is 11.8 Å². The van der Waals surface area contributed by atoms with Gasteiger partial charge in [0, 0.05) is 18.8 Å². The highest BCUT2D eigenvalue weighted by atomic mass is 32.2. The van der Waals surface area contributed by atoms with Crippen molar-refractivity contribution in [3.8, 4) is 0 Å². The second kappa shape index (κ2) is 5.91. The minimum Gasteiger partial charge on any atom is -0.480 e. The van der Waals surface area contributed by atoms with Crippen molar-refractivity contribution in [3.63, 3.8) is 0 Å². The fourth-order valence-electron chi connectivity index (χ4n) is 2.44. The van der Waals surface area contributed by atoms with Crippen molar-refractivity contribution in [1.29, 1.82) is 0 Å². The highest BCUT2D eigenvalue weighted by molar-refractivity contribution is 8.00.